The number of carbonyl (C=O) groups is 2. The summed E-state index contributed by atoms with van der Waals surface area (Å²) in [6, 6.07) is 5.79. The Kier molecular flexibility index (Phi) is 4.11. The number of nitrogens with one attached hydrogen (secondary N) is 1. The average molecular weight is 336 g/mol. The van der Waals surface area contributed by atoms with Crippen LogP contribution in [0, 0.1) is 12.3 Å². The molecule has 1 unspecified atom stereocenters. The van der Waals surface area contributed by atoms with E-state index < -0.39 is 17.9 Å². The van der Waals surface area contributed by atoms with Crippen LogP contribution < -0.4 is 5.32 Å². The molecule has 20 heavy (non-hydrogen) atoms. The molecule has 2 aromatic rings. The van der Waals surface area contributed by atoms with Gasteiger partial charge in [-0.25, -0.2) is 4.79 Å². The zero-order valence-electron chi connectivity index (χ0n) is 10.2. The van der Waals surface area contributed by atoms with Crippen molar-refractivity contribution < 1.29 is 19.1 Å². The van der Waals surface area contributed by atoms with Crippen molar-refractivity contribution in [3.05, 3.63) is 34.5 Å². The number of para-hydroxylation sites is 1. The van der Waals surface area contributed by atoms with Gasteiger partial charge in [0.15, 0.2) is 5.76 Å². The van der Waals surface area contributed by atoms with Gasteiger partial charge in [0.2, 0.25) is 0 Å². The van der Waals surface area contributed by atoms with Crippen LogP contribution in [-0.4, -0.2) is 23.0 Å². The van der Waals surface area contributed by atoms with Crippen molar-refractivity contribution in [1.29, 1.82) is 0 Å². The number of hydrogen-bond donors (Lipinski definition) is 2. The van der Waals surface area contributed by atoms with Crippen LogP contribution >= 0.6 is 15.9 Å². The molecule has 0 bridgehead atoms. The van der Waals surface area contributed by atoms with Crippen molar-refractivity contribution in [1.82, 2.24) is 5.32 Å². The van der Waals surface area contributed by atoms with Gasteiger partial charge in [0, 0.05) is 11.8 Å². The maximum Gasteiger partial charge on any atom is 0.327 e. The first kappa shape index (κ1) is 14.2. The van der Waals surface area contributed by atoms with Crippen LogP contribution in [-0.2, 0) is 4.79 Å². The number of carboxylic acids is 1. The summed E-state index contributed by atoms with van der Waals surface area (Å²) in [6.45, 7) is 0. The zero-order chi connectivity index (χ0) is 14.7. The Labute approximate surface area is 123 Å². The molecule has 0 radical (unpaired) electrons. The van der Waals surface area contributed by atoms with Gasteiger partial charge in [0.05, 0.1) is 4.47 Å². The van der Waals surface area contributed by atoms with Crippen LogP contribution in [0.1, 0.15) is 17.0 Å². The fourth-order valence-electron chi connectivity index (χ4n) is 1.69. The minimum atomic E-state index is -1.19. The van der Waals surface area contributed by atoms with Gasteiger partial charge in [-0.3, -0.25) is 4.79 Å². The van der Waals surface area contributed by atoms with Crippen molar-refractivity contribution in [2.45, 2.75) is 12.5 Å². The Bertz CT molecular complexity index is 714. The second-order valence-electron chi connectivity index (χ2n) is 4.04. The van der Waals surface area contributed by atoms with E-state index in [9.17, 15) is 9.59 Å². The van der Waals surface area contributed by atoms with Crippen LogP contribution in [0.25, 0.3) is 11.0 Å². The normalized spacial score (nSPS) is 11.8. The summed E-state index contributed by atoms with van der Waals surface area (Å²) in [5.74, 6) is 0.444. The molecule has 0 saturated heterocycles. The fraction of sp³-hybridized carbons (Fsp3) is 0.143. The Morgan fingerprint density at radius 3 is 2.85 bits per heavy atom. The van der Waals surface area contributed by atoms with Gasteiger partial charge in [0.1, 0.15) is 11.6 Å². The first-order valence-electron chi connectivity index (χ1n) is 5.68. The molecule has 1 amide bonds. The molecule has 0 fully saturated rings. The lowest BCUT2D eigenvalue weighted by molar-refractivity contribution is -0.139. The van der Waals surface area contributed by atoms with Crippen molar-refractivity contribution >= 4 is 38.8 Å². The number of carboxylic acid groups (broad SMARTS) is 1. The number of benzene rings is 1. The number of rotatable bonds is 4. The summed E-state index contributed by atoms with van der Waals surface area (Å²) < 4.78 is 6.13. The second kappa shape index (κ2) is 5.80. The molecule has 2 rings (SSSR count). The molecule has 1 atom stereocenters. The Morgan fingerprint density at radius 1 is 1.50 bits per heavy atom. The second-order valence-corrected chi connectivity index (χ2v) is 4.90. The monoisotopic (exact) mass is 335 g/mol. The number of amides is 1. The molecular weight excluding hydrogens is 326 g/mol. The van der Waals surface area contributed by atoms with E-state index in [0.717, 1.165) is 5.39 Å². The third-order valence-corrected chi connectivity index (χ3v) is 3.27. The predicted octanol–water partition coefficient (Wildman–Crippen LogP) is 2.40. The third kappa shape index (κ3) is 2.83. The van der Waals surface area contributed by atoms with Crippen molar-refractivity contribution in [2.24, 2.45) is 0 Å². The minimum absolute atomic E-state index is 0.0372. The summed E-state index contributed by atoms with van der Waals surface area (Å²) in [7, 11) is 0. The highest BCUT2D eigenvalue weighted by atomic mass is 79.9. The smallest absolute Gasteiger partial charge is 0.327 e. The molecule has 0 aliphatic carbocycles. The summed E-state index contributed by atoms with van der Waals surface area (Å²) in [6.07, 6.45) is 4.98. The number of aliphatic carboxylic acids is 1. The van der Waals surface area contributed by atoms with Crippen LogP contribution in [0.2, 0.25) is 0 Å². The van der Waals surface area contributed by atoms with Crippen LogP contribution in [0.4, 0.5) is 0 Å². The molecule has 1 aromatic heterocycles. The lowest BCUT2D eigenvalue weighted by atomic mass is 10.2. The molecule has 1 heterocycles. The van der Waals surface area contributed by atoms with E-state index in [1.165, 1.54) is 0 Å². The molecule has 1 aromatic carbocycles. The van der Waals surface area contributed by atoms with Crippen LogP contribution in [0.15, 0.2) is 33.2 Å². The van der Waals surface area contributed by atoms with E-state index in [1.54, 1.807) is 18.2 Å². The molecule has 0 saturated carbocycles. The first-order valence-corrected chi connectivity index (χ1v) is 6.47. The largest absolute Gasteiger partial charge is 0.480 e. The number of halogens is 1. The Hall–Kier alpha value is -2.26. The van der Waals surface area contributed by atoms with E-state index in [2.05, 4.69) is 27.2 Å². The van der Waals surface area contributed by atoms with Crippen LogP contribution in [0.3, 0.4) is 0 Å². The summed E-state index contributed by atoms with van der Waals surface area (Å²) >= 11 is 3.31. The molecule has 102 valence electrons. The van der Waals surface area contributed by atoms with Gasteiger partial charge in [-0.15, -0.1) is 12.3 Å². The summed E-state index contributed by atoms with van der Waals surface area (Å²) in [5.41, 5.74) is 0.529. The molecule has 6 heteroatoms. The summed E-state index contributed by atoms with van der Waals surface area (Å²) in [5, 5.41) is 12.0. The lowest BCUT2D eigenvalue weighted by Gasteiger charge is -2.09. The van der Waals surface area contributed by atoms with E-state index in [4.69, 9.17) is 15.9 Å². The van der Waals surface area contributed by atoms with Gasteiger partial charge < -0.3 is 14.8 Å². The minimum Gasteiger partial charge on any atom is -0.480 e. The van der Waals surface area contributed by atoms with Crippen molar-refractivity contribution in [2.75, 3.05) is 0 Å². The standard InChI is InChI=1S/C14H10BrNO4/c1-2-4-10(14(18)19)16-13(17)11-7-8-5-3-6-9(15)12(8)20-11/h1,3,5-7,10H,4H2,(H,16,17)(H,18,19). The van der Waals surface area contributed by atoms with Gasteiger partial charge in [-0.2, -0.15) is 0 Å². The lowest BCUT2D eigenvalue weighted by Crippen LogP contribution is -2.40. The number of terminal acetylenes is 1. The highest BCUT2D eigenvalue weighted by molar-refractivity contribution is 9.10. The SMILES string of the molecule is C#CCC(NC(=O)c1cc2cccc(Br)c2o1)C(=O)O. The van der Waals surface area contributed by atoms with Crippen LogP contribution in [0.5, 0.6) is 0 Å². The fourth-order valence-corrected chi connectivity index (χ4v) is 2.15. The third-order valence-electron chi connectivity index (χ3n) is 2.65. The molecule has 0 aliphatic rings. The highest BCUT2D eigenvalue weighted by Gasteiger charge is 2.22. The molecule has 0 spiro atoms. The maximum atomic E-state index is 12.0. The number of fused-ring (bicyclic) bond motifs is 1. The average Bonchev–Trinajstić information content (AvgIpc) is 2.83. The Morgan fingerprint density at radius 2 is 2.25 bits per heavy atom. The number of hydrogen-bond acceptors (Lipinski definition) is 3. The van der Waals surface area contributed by atoms with E-state index in [-0.39, 0.29) is 12.2 Å². The molecule has 5 nitrogen and oxygen atoms in total. The van der Waals surface area contributed by atoms with Gasteiger partial charge in [0.25, 0.3) is 5.91 Å². The van der Waals surface area contributed by atoms with Crippen molar-refractivity contribution in [3.63, 3.8) is 0 Å². The Balaban J connectivity index is 2.25. The predicted molar refractivity (Wildman–Crippen MR) is 76.3 cm³/mol. The van der Waals surface area contributed by atoms with E-state index in [0.29, 0.717) is 10.1 Å². The maximum absolute atomic E-state index is 12.0. The highest BCUT2D eigenvalue weighted by Crippen LogP contribution is 2.26. The first-order chi connectivity index (χ1) is 9.52. The molecule has 2 N–H and O–H groups in total. The van der Waals surface area contributed by atoms with Gasteiger partial charge in [-0.05, 0) is 28.1 Å². The van der Waals surface area contributed by atoms with E-state index in [1.807, 2.05) is 6.07 Å². The topological polar surface area (TPSA) is 79.5 Å². The zero-order valence-corrected chi connectivity index (χ0v) is 11.8. The molecule has 0 aliphatic heterocycles. The van der Waals surface area contributed by atoms with Crippen molar-refractivity contribution in [3.8, 4) is 12.3 Å². The van der Waals surface area contributed by atoms with Gasteiger partial charge in [-0.1, -0.05) is 12.1 Å². The quantitative estimate of drug-likeness (QED) is 0.841. The summed E-state index contributed by atoms with van der Waals surface area (Å²) in [4.78, 5) is 22.9. The van der Waals surface area contributed by atoms with E-state index >= 15 is 0 Å². The number of carbonyl (C=O) groups excluding carboxylic acids is 1. The van der Waals surface area contributed by atoms with Gasteiger partial charge >= 0.3 is 5.97 Å². The molecular formula is C14H10BrNO4. The number of furan rings is 1.